The lowest BCUT2D eigenvalue weighted by molar-refractivity contribution is -0.139. The Morgan fingerprint density at radius 3 is 1.86 bits per heavy atom. The van der Waals surface area contributed by atoms with Crippen molar-refractivity contribution in [2.45, 2.75) is 74.8 Å². The molecule has 1 rings (SSSR count). The van der Waals surface area contributed by atoms with E-state index in [1.165, 1.54) is 7.05 Å². The molecule has 0 radical (unpaired) electrons. The van der Waals surface area contributed by atoms with Crippen LogP contribution in [-0.2, 0) is 19.5 Å². The second-order valence-corrected chi connectivity index (χ2v) is 13.5. The Morgan fingerprint density at radius 1 is 1.00 bits per heavy atom. The molecular weight excluding hydrogens is 392 g/mol. The third-order valence-electron chi connectivity index (χ3n) is 4.92. The zero-order chi connectivity index (χ0) is 22.6. The number of hydrogen-bond donors (Lipinski definition) is 4. The first-order valence-electron chi connectivity index (χ1n) is 9.60. The van der Waals surface area contributed by atoms with Crippen LogP contribution in [0.25, 0.3) is 0 Å². The molecule has 0 aromatic heterocycles. The van der Waals surface area contributed by atoms with Gasteiger partial charge in [0.15, 0.2) is 0 Å². The molecule has 8 heteroatoms. The normalized spacial score (nSPS) is 14.0. The van der Waals surface area contributed by atoms with Crippen molar-refractivity contribution in [1.82, 2.24) is 10.6 Å². The summed E-state index contributed by atoms with van der Waals surface area (Å²) in [5, 5.41) is 14.2. The SMILES string of the molecule is CNC(=O)CC[C@@H](NC(=O)c1ccc([SH](=O)(C(C)(C)C)C(C)(C)C)cc1)C(=O)O. The minimum atomic E-state index is -2.83. The van der Waals surface area contributed by atoms with Gasteiger partial charge >= 0.3 is 5.97 Å². The molecule has 0 heterocycles. The van der Waals surface area contributed by atoms with Gasteiger partial charge in [0.2, 0.25) is 5.91 Å². The van der Waals surface area contributed by atoms with Crippen LogP contribution in [0.15, 0.2) is 29.2 Å². The van der Waals surface area contributed by atoms with Gasteiger partial charge in [-0.25, -0.2) is 4.79 Å². The summed E-state index contributed by atoms with van der Waals surface area (Å²) in [6.45, 7) is 11.7. The first-order chi connectivity index (χ1) is 13.1. The molecule has 0 fully saturated rings. The molecular formula is C21H34N2O5S. The number of carboxylic acid groups (broad SMARTS) is 1. The van der Waals surface area contributed by atoms with Crippen molar-refractivity contribution >= 4 is 27.7 Å². The van der Waals surface area contributed by atoms with Crippen LogP contribution in [0.4, 0.5) is 0 Å². The maximum Gasteiger partial charge on any atom is 0.326 e. The molecule has 3 N–H and O–H groups in total. The molecule has 0 aliphatic heterocycles. The van der Waals surface area contributed by atoms with Crippen molar-refractivity contribution in [2.75, 3.05) is 7.05 Å². The average Bonchev–Trinajstić information content (AvgIpc) is 2.61. The zero-order valence-corrected chi connectivity index (χ0v) is 19.2. The van der Waals surface area contributed by atoms with Crippen LogP contribution in [-0.4, -0.2) is 49.7 Å². The summed E-state index contributed by atoms with van der Waals surface area (Å²) in [6, 6.07) is 5.33. The minimum absolute atomic E-state index is 0.00691. The second-order valence-electron chi connectivity index (χ2n) is 9.07. The minimum Gasteiger partial charge on any atom is -0.480 e. The van der Waals surface area contributed by atoms with Crippen LogP contribution >= 0.6 is 0 Å². The van der Waals surface area contributed by atoms with E-state index in [0.29, 0.717) is 4.90 Å². The van der Waals surface area contributed by atoms with Gasteiger partial charge in [-0.3, -0.25) is 13.8 Å². The van der Waals surface area contributed by atoms with E-state index in [9.17, 15) is 23.7 Å². The summed E-state index contributed by atoms with van der Waals surface area (Å²) >= 11 is 0. The summed E-state index contributed by atoms with van der Waals surface area (Å²) in [4.78, 5) is 35.9. The fourth-order valence-corrected chi connectivity index (χ4v) is 7.63. The smallest absolute Gasteiger partial charge is 0.326 e. The lowest BCUT2D eigenvalue weighted by atomic mass is 10.1. The van der Waals surface area contributed by atoms with E-state index < -0.39 is 37.3 Å². The van der Waals surface area contributed by atoms with E-state index in [-0.39, 0.29) is 24.3 Å². The van der Waals surface area contributed by atoms with Crippen molar-refractivity contribution in [3.8, 4) is 0 Å². The van der Waals surface area contributed by atoms with Gasteiger partial charge in [0, 0.05) is 33.4 Å². The Bertz CT molecular complexity index is 786. The summed E-state index contributed by atoms with van der Waals surface area (Å²) in [7, 11) is -1.36. The zero-order valence-electron chi connectivity index (χ0n) is 18.3. The maximum atomic E-state index is 14.0. The van der Waals surface area contributed by atoms with Crippen LogP contribution in [0.1, 0.15) is 64.7 Å². The third-order valence-corrected chi connectivity index (χ3v) is 9.73. The van der Waals surface area contributed by atoms with Gasteiger partial charge in [0.1, 0.15) is 6.04 Å². The van der Waals surface area contributed by atoms with Gasteiger partial charge < -0.3 is 15.7 Å². The van der Waals surface area contributed by atoms with Crippen molar-refractivity contribution < 1.29 is 23.7 Å². The van der Waals surface area contributed by atoms with E-state index in [0.717, 1.165) is 0 Å². The maximum absolute atomic E-state index is 14.0. The molecule has 2 amide bonds. The van der Waals surface area contributed by atoms with Crippen molar-refractivity contribution in [3.05, 3.63) is 29.8 Å². The predicted octanol–water partition coefficient (Wildman–Crippen LogP) is 2.37. The number of carbonyl (C=O) groups excluding carboxylic acids is 2. The number of thiol groups is 1. The van der Waals surface area contributed by atoms with Crippen LogP contribution in [0.5, 0.6) is 0 Å². The highest BCUT2D eigenvalue weighted by molar-refractivity contribution is 8.05. The summed E-state index contributed by atoms with van der Waals surface area (Å²) < 4.78 is 13.1. The van der Waals surface area contributed by atoms with Crippen LogP contribution in [0.2, 0.25) is 0 Å². The summed E-state index contributed by atoms with van der Waals surface area (Å²) in [5.74, 6) is -2.05. The number of carbonyl (C=O) groups is 3. The predicted molar refractivity (Wildman–Crippen MR) is 116 cm³/mol. The van der Waals surface area contributed by atoms with Gasteiger partial charge in [0.25, 0.3) is 5.91 Å². The Kier molecular flexibility index (Phi) is 7.76. The highest BCUT2D eigenvalue weighted by Gasteiger charge is 2.42. The first-order valence-corrected chi connectivity index (χ1v) is 11.3. The second kappa shape index (κ2) is 9.07. The van der Waals surface area contributed by atoms with E-state index in [1.807, 2.05) is 41.5 Å². The lowest BCUT2D eigenvalue weighted by Crippen LogP contribution is -2.48. The first kappa shape index (κ1) is 24.8. The number of amides is 2. The molecule has 164 valence electrons. The molecule has 0 saturated carbocycles. The molecule has 1 aromatic rings. The Hall–Kier alpha value is -2.22. The highest BCUT2D eigenvalue weighted by Crippen LogP contribution is 2.42. The van der Waals surface area contributed by atoms with E-state index in [2.05, 4.69) is 10.6 Å². The molecule has 0 unspecified atom stereocenters. The Balaban J connectivity index is 3.08. The molecule has 1 atom stereocenters. The molecule has 0 aliphatic carbocycles. The van der Waals surface area contributed by atoms with Crippen LogP contribution in [0.3, 0.4) is 0 Å². The number of carboxylic acids is 1. The Labute approximate surface area is 174 Å². The van der Waals surface area contributed by atoms with Gasteiger partial charge in [-0.05, 0) is 30.7 Å². The topological polar surface area (TPSA) is 113 Å². The molecule has 29 heavy (non-hydrogen) atoms. The molecule has 0 spiro atoms. The molecule has 0 aliphatic rings. The monoisotopic (exact) mass is 426 g/mol. The number of aliphatic carboxylic acids is 1. The largest absolute Gasteiger partial charge is 0.480 e. The number of hydrogen-bond acceptors (Lipinski definition) is 4. The standard InChI is InChI=1S/C21H34N2O5S/c1-20(2,3)29(28,21(4,5)6)15-10-8-14(9-11-15)18(25)23-16(19(26)27)12-13-17(24)22-7/h8-11,16,29H,12-13H2,1-7H3,(H,22,24)(H,23,25)(H,26,27)/t16-/m1/s1. The van der Waals surface area contributed by atoms with E-state index in [4.69, 9.17) is 0 Å². The Morgan fingerprint density at radius 2 is 1.48 bits per heavy atom. The van der Waals surface area contributed by atoms with Crippen LogP contribution < -0.4 is 10.6 Å². The molecule has 0 saturated heterocycles. The van der Waals surface area contributed by atoms with Crippen molar-refractivity contribution in [2.24, 2.45) is 0 Å². The van der Waals surface area contributed by atoms with Gasteiger partial charge in [-0.1, -0.05) is 51.5 Å². The fraction of sp³-hybridized carbons (Fsp3) is 0.571. The van der Waals surface area contributed by atoms with Crippen molar-refractivity contribution in [1.29, 1.82) is 0 Å². The summed E-state index contributed by atoms with van der Waals surface area (Å²) in [6.07, 6.45) is -0.0187. The van der Waals surface area contributed by atoms with Gasteiger partial charge in [0.05, 0.1) is 0 Å². The van der Waals surface area contributed by atoms with Crippen LogP contribution in [0, 0.1) is 0 Å². The molecule has 1 aromatic carbocycles. The number of nitrogens with one attached hydrogen (secondary N) is 2. The average molecular weight is 427 g/mol. The molecule has 7 nitrogen and oxygen atoms in total. The summed E-state index contributed by atoms with van der Waals surface area (Å²) in [5.41, 5.74) is 0.273. The van der Waals surface area contributed by atoms with Crippen molar-refractivity contribution in [3.63, 3.8) is 0 Å². The highest BCUT2D eigenvalue weighted by atomic mass is 32.2. The molecule has 0 bridgehead atoms. The quantitative estimate of drug-likeness (QED) is 0.500. The van der Waals surface area contributed by atoms with Gasteiger partial charge in [-0.15, -0.1) is 0 Å². The lowest BCUT2D eigenvalue weighted by Gasteiger charge is -2.46. The van der Waals surface area contributed by atoms with Gasteiger partial charge in [-0.2, -0.15) is 0 Å². The third kappa shape index (κ3) is 5.65. The fourth-order valence-electron chi connectivity index (χ4n) is 3.50. The number of benzene rings is 1. The van der Waals surface area contributed by atoms with E-state index in [1.54, 1.807) is 24.3 Å². The number of rotatable bonds is 7. The van der Waals surface area contributed by atoms with E-state index >= 15 is 0 Å².